The van der Waals surface area contributed by atoms with Gasteiger partial charge in [-0.3, -0.25) is 4.79 Å². The number of phenolic OH excluding ortho intramolecular Hbond substituents is 1. The third-order valence-corrected chi connectivity index (χ3v) is 6.49. The molecule has 178 valence electrons. The van der Waals surface area contributed by atoms with Crippen LogP contribution in [0.25, 0.3) is 0 Å². The standard InChI is InChI=1S/C28H48O3/c1-28(2,3)26(27(30)31)19-17-15-13-11-9-7-5-4-6-8-10-12-14-16-18-24-20-22-25(29)23-21-24/h20-23,26,29H,4-19H2,1-3H3,(H,30,31). The van der Waals surface area contributed by atoms with Crippen molar-refractivity contribution in [3.8, 4) is 5.75 Å². The summed E-state index contributed by atoms with van der Waals surface area (Å²) in [6, 6.07) is 7.61. The van der Waals surface area contributed by atoms with E-state index in [0.29, 0.717) is 5.75 Å². The smallest absolute Gasteiger partial charge is 0.307 e. The van der Waals surface area contributed by atoms with Crippen LogP contribution in [0.15, 0.2) is 24.3 Å². The van der Waals surface area contributed by atoms with Crippen LogP contribution in [0.5, 0.6) is 5.75 Å². The minimum absolute atomic E-state index is 0.139. The topological polar surface area (TPSA) is 57.5 Å². The zero-order valence-corrected chi connectivity index (χ0v) is 20.5. The number of aliphatic carboxylic acids is 1. The van der Waals surface area contributed by atoms with Crippen molar-refractivity contribution in [2.45, 2.75) is 124 Å². The first-order valence-corrected chi connectivity index (χ1v) is 12.8. The van der Waals surface area contributed by atoms with Gasteiger partial charge in [0.1, 0.15) is 5.75 Å². The molecule has 2 N–H and O–H groups in total. The third-order valence-electron chi connectivity index (χ3n) is 6.49. The number of benzene rings is 1. The summed E-state index contributed by atoms with van der Waals surface area (Å²) in [6.07, 6.45) is 20.1. The van der Waals surface area contributed by atoms with Crippen molar-refractivity contribution in [2.24, 2.45) is 11.3 Å². The van der Waals surface area contributed by atoms with Gasteiger partial charge in [-0.15, -0.1) is 0 Å². The second-order valence-corrected chi connectivity index (χ2v) is 10.4. The zero-order valence-electron chi connectivity index (χ0n) is 20.5. The zero-order chi connectivity index (χ0) is 23.0. The lowest BCUT2D eigenvalue weighted by molar-refractivity contribution is -0.145. The number of carboxylic acids is 1. The highest BCUT2D eigenvalue weighted by Crippen LogP contribution is 2.30. The molecule has 0 heterocycles. The van der Waals surface area contributed by atoms with Crippen molar-refractivity contribution >= 4 is 5.97 Å². The van der Waals surface area contributed by atoms with Gasteiger partial charge in [0, 0.05) is 0 Å². The van der Waals surface area contributed by atoms with E-state index in [9.17, 15) is 15.0 Å². The van der Waals surface area contributed by atoms with E-state index in [2.05, 4.69) is 0 Å². The summed E-state index contributed by atoms with van der Waals surface area (Å²) in [6.45, 7) is 6.10. The van der Waals surface area contributed by atoms with Crippen LogP contribution < -0.4 is 0 Å². The van der Waals surface area contributed by atoms with E-state index in [1.807, 2.05) is 32.9 Å². The molecule has 0 aliphatic carbocycles. The second kappa shape index (κ2) is 16.2. The highest BCUT2D eigenvalue weighted by Gasteiger charge is 2.30. The average molecular weight is 433 g/mol. The summed E-state index contributed by atoms with van der Waals surface area (Å²) in [5.41, 5.74) is 1.19. The molecule has 1 rings (SSSR count). The lowest BCUT2D eigenvalue weighted by atomic mass is 9.78. The summed E-state index contributed by atoms with van der Waals surface area (Å²) >= 11 is 0. The fourth-order valence-corrected chi connectivity index (χ4v) is 4.39. The van der Waals surface area contributed by atoms with Crippen molar-refractivity contribution in [2.75, 3.05) is 0 Å². The molecule has 0 saturated carbocycles. The summed E-state index contributed by atoms with van der Waals surface area (Å²) in [4.78, 5) is 11.4. The molecule has 3 heteroatoms. The number of hydrogen-bond acceptors (Lipinski definition) is 2. The summed E-state index contributed by atoms with van der Waals surface area (Å²) < 4.78 is 0. The molecule has 1 aromatic rings. The van der Waals surface area contributed by atoms with Gasteiger partial charge in [-0.1, -0.05) is 116 Å². The van der Waals surface area contributed by atoms with Gasteiger partial charge >= 0.3 is 5.97 Å². The first-order valence-electron chi connectivity index (χ1n) is 12.8. The predicted octanol–water partition coefficient (Wildman–Crippen LogP) is 8.53. The Kier molecular flexibility index (Phi) is 14.4. The van der Waals surface area contributed by atoms with E-state index in [0.717, 1.165) is 19.3 Å². The molecule has 0 radical (unpaired) electrons. The van der Waals surface area contributed by atoms with Crippen LogP contribution >= 0.6 is 0 Å². The minimum atomic E-state index is -0.637. The van der Waals surface area contributed by atoms with E-state index in [1.54, 1.807) is 12.1 Å². The minimum Gasteiger partial charge on any atom is -0.508 e. The summed E-state index contributed by atoms with van der Waals surface area (Å²) in [7, 11) is 0. The molecule has 0 aliphatic heterocycles. The Morgan fingerprint density at radius 2 is 1.10 bits per heavy atom. The number of unbranched alkanes of at least 4 members (excludes halogenated alkanes) is 13. The Hall–Kier alpha value is -1.51. The highest BCUT2D eigenvalue weighted by molar-refractivity contribution is 5.70. The molecule has 0 bridgehead atoms. The highest BCUT2D eigenvalue weighted by atomic mass is 16.4. The van der Waals surface area contributed by atoms with Crippen molar-refractivity contribution < 1.29 is 15.0 Å². The van der Waals surface area contributed by atoms with E-state index in [4.69, 9.17) is 0 Å². The van der Waals surface area contributed by atoms with Crippen molar-refractivity contribution in [3.63, 3.8) is 0 Å². The van der Waals surface area contributed by atoms with Crippen LogP contribution in [-0.4, -0.2) is 16.2 Å². The molecule has 1 aromatic carbocycles. The Balaban J connectivity index is 1.82. The molecule has 0 spiro atoms. The normalized spacial score (nSPS) is 12.7. The molecule has 1 atom stereocenters. The van der Waals surface area contributed by atoms with Gasteiger partial charge in [0.25, 0.3) is 0 Å². The lowest BCUT2D eigenvalue weighted by Gasteiger charge is -2.26. The first-order chi connectivity index (χ1) is 14.8. The molecule has 0 fully saturated rings. The Labute approximate surface area is 191 Å². The Morgan fingerprint density at radius 1 is 0.710 bits per heavy atom. The van der Waals surface area contributed by atoms with E-state index in [1.165, 1.54) is 89.0 Å². The van der Waals surface area contributed by atoms with E-state index >= 15 is 0 Å². The van der Waals surface area contributed by atoms with Crippen LogP contribution in [-0.2, 0) is 11.2 Å². The average Bonchev–Trinajstić information content (AvgIpc) is 2.70. The Morgan fingerprint density at radius 3 is 1.48 bits per heavy atom. The maximum Gasteiger partial charge on any atom is 0.307 e. The molecular weight excluding hydrogens is 384 g/mol. The number of aromatic hydroxyl groups is 1. The Bertz CT molecular complexity index is 571. The van der Waals surface area contributed by atoms with Crippen LogP contribution in [0.1, 0.15) is 123 Å². The maximum absolute atomic E-state index is 11.4. The largest absolute Gasteiger partial charge is 0.508 e. The van der Waals surface area contributed by atoms with Crippen molar-refractivity contribution in [3.05, 3.63) is 29.8 Å². The number of rotatable bonds is 18. The quantitative estimate of drug-likeness (QED) is 0.228. The van der Waals surface area contributed by atoms with Crippen LogP contribution in [0.4, 0.5) is 0 Å². The monoisotopic (exact) mass is 432 g/mol. The maximum atomic E-state index is 11.4. The van der Waals surface area contributed by atoms with Crippen molar-refractivity contribution in [1.82, 2.24) is 0 Å². The fraction of sp³-hybridized carbons (Fsp3) is 0.750. The molecule has 1 unspecified atom stereocenters. The number of carbonyl (C=O) groups is 1. The van der Waals surface area contributed by atoms with Gasteiger partial charge in [0.05, 0.1) is 5.92 Å². The molecule has 3 nitrogen and oxygen atoms in total. The first kappa shape index (κ1) is 27.5. The summed E-state index contributed by atoms with van der Waals surface area (Å²) in [5, 5.41) is 18.7. The molecular formula is C28H48O3. The van der Waals surface area contributed by atoms with Crippen LogP contribution in [0.2, 0.25) is 0 Å². The molecule has 0 amide bonds. The van der Waals surface area contributed by atoms with Crippen LogP contribution in [0, 0.1) is 11.3 Å². The molecule has 0 aliphatic rings. The molecule has 0 saturated heterocycles. The van der Waals surface area contributed by atoms with Gasteiger partial charge in [0.2, 0.25) is 0 Å². The lowest BCUT2D eigenvalue weighted by Crippen LogP contribution is -2.28. The predicted molar refractivity (Wildman–Crippen MR) is 132 cm³/mol. The van der Waals surface area contributed by atoms with Gasteiger partial charge in [-0.05, 0) is 42.4 Å². The summed E-state index contributed by atoms with van der Waals surface area (Å²) in [5.74, 6) is -0.501. The number of aryl methyl sites for hydroxylation is 1. The number of hydrogen-bond donors (Lipinski definition) is 2. The fourth-order valence-electron chi connectivity index (χ4n) is 4.39. The third kappa shape index (κ3) is 14.2. The van der Waals surface area contributed by atoms with Gasteiger partial charge < -0.3 is 10.2 Å². The van der Waals surface area contributed by atoms with E-state index in [-0.39, 0.29) is 11.3 Å². The molecule has 31 heavy (non-hydrogen) atoms. The number of carboxylic acid groups (broad SMARTS) is 1. The van der Waals surface area contributed by atoms with Gasteiger partial charge in [-0.2, -0.15) is 0 Å². The van der Waals surface area contributed by atoms with Crippen LogP contribution in [0.3, 0.4) is 0 Å². The molecule has 0 aromatic heterocycles. The van der Waals surface area contributed by atoms with Crippen molar-refractivity contribution in [1.29, 1.82) is 0 Å². The van der Waals surface area contributed by atoms with E-state index < -0.39 is 5.97 Å². The number of phenols is 1. The SMILES string of the molecule is CC(C)(C)C(CCCCCCCCCCCCCCCCc1ccc(O)cc1)C(=O)O. The second-order valence-electron chi connectivity index (χ2n) is 10.4. The van der Waals surface area contributed by atoms with Gasteiger partial charge in [-0.25, -0.2) is 0 Å². The van der Waals surface area contributed by atoms with Gasteiger partial charge in [0.15, 0.2) is 0 Å².